The number of sulfonamides is 1. The molecule has 0 spiro atoms. The number of nitrogens with zero attached hydrogens (tertiary/aromatic N) is 1. The maximum Gasteiger partial charge on any atom is 0.232 e. The second kappa shape index (κ2) is 9.46. The van der Waals surface area contributed by atoms with E-state index >= 15 is 0 Å². The summed E-state index contributed by atoms with van der Waals surface area (Å²) in [4.78, 5) is 11.8. The Labute approximate surface area is 153 Å². The number of carbonyl (C=O) groups excluding carboxylic acids is 1. The Morgan fingerprint density at radius 1 is 1.38 bits per heavy atom. The number of methoxy groups -OCH3 is 1. The molecule has 1 aromatic carbocycles. The average molecular weight is 397 g/mol. The van der Waals surface area contributed by atoms with Crippen LogP contribution < -0.4 is 9.62 Å². The second-order valence-corrected chi connectivity index (χ2v) is 8.21. The highest BCUT2D eigenvalue weighted by molar-refractivity contribution is 7.92. The standard InChI is InChI=1S/C15H22Cl2N2O4S/c1-11(10-23-2)18-15(20)5-4-8-19(24(3,21)22)14-9-12(16)6-7-13(14)17/h6-7,9,11H,4-5,8,10H2,1-3H3,(H,18,20)/t11-/m1/s1. The van der Waals surface area contributed by atoms with Gasteiger partial charge in [-0.25, -0.2) is 8.42 Å². The lowest BCUT2D eigenvalue weighted by atomic mass is 10.2. The van der Waals surface area contributed by atoms with Gasteiger partial charge in [-0.1, -0.05) is 23.2 Å². The first-order valence-electron chi connectivity index (χ1n) is 7.36. The summed E-state index contributed by atoms with van der Waals surface area (Å²) >= 11 is 12.0. The number of hydrogen-bond donors (Lipinski definition) is 1. The van der Waals surface area contributed by atoms with E-state index in [0.29, 0.717) is 23.7 Å². The first kappa shape index (κ1) is 21.0. The molecule has 1 aromatic rings. The summed E-state index contributed by atoms with van der Waals surface area (Å²) in [5.74, 6) is -0.162. The van der Waals surface area contributed by atoms with Gasteiger partial charge in [-0.05, 0) is 31.5 Å². The number of carbonyl (C=O) groups is 1. The maximum atomic E-state index is 12.0. The molecule has 0 aliphatic rings. The van der Waals surface area contributed by atoms with E-state index in [-0.39, 0.29) is 29.9 Å². The quantitative estimate of drug-likeness (QED) is 0.695. The summed E-state index contributed by atoms with van der Waals surface area (Å²) in [5.41, 5.74) is 0.305. The van der Waals surface area contributed by atoms with E-state index in [1.807, 2.05) is 6.92 Å². The third-order valence-corrected chi connectivity index (χ3v) is 4.90. The lowest BCUT2D eigenvalue weighted by molar-refractivity contribution is -0.122. The van der Waals surface area contributed by atoms with E-state index < -0.39 is 10.0 Å². The number of benzene rings is 1. The number of anilines is 1. The third kappa shape index (κ3) is 6.84. The number of halogens is 2. The van der Waals surface area contributed by atoms with Crippen molar-refractivity contribution in [2.24, 2.45) is 0 Å². The number of nitrogens with one attached hydrogen (secondary N) is 1. The monoisotopic (exact) mass is 396 g/mol. The largest absolute Gasteiger partial charge is 0.383 e. The van der Waals surface area contributed by atoms with Crippen LogP contribution in [0, 0.1) is 0 Å². The molecule has 1 rings (SSSR count). The molecule has 0 heterocycles. The SMILES string of the molecule is COC[C@@H](C)NC(=O)CCCN(c1cc(Cl)ccc1Cl)S(C)(=O)=O. The summed E-state index contributed by atoms with van der Waals surface area (Å²) in [5, 5.41) is 3.44. The molecule has 0 radical (unpaired) electrons. The Morgan fingerprint density at radius 3 is 2.62 bits per heavy atom. The second-order valence-electron chi connectivity index (χ2n) is 5.46. The highest BCUT2D eigenvalue weighted by Gasteiger charge is 2.20. The molecule has 1 amide bonds. The van der Waals surface area contributed by atoms with Crippen LogP contribution in [0.2, 0.25) is 10.0 Å². The molecule has 0 saturated heterocycles. The van der Waals surface area contributed by atoms with Gasteiger partial charge in [0.05, 0.1) is 23.6 Å². The number of amides is 1. The fraction of sp³-hybridized carbons (Fsp3) is 0.533. The molecule has 6 nitrogen and oxygen atoms in total. The van der Waals surface area contributed by atoms with Gasteiger partial charge < -0.3 is 10.1 Å². The van der Waals surface area contributed by atoms with Crippen LogP contribution in [0.25, 0.3) is 0 Å². The molecule has 0 saturated carbocycles. The molecule has 0 bridgehead atoms. The van der Waals surface area contributed by atoms with Gasteiger partial charge in [0.15, 0.2) is 0 Å². The van der Waals surface area contributed by atoms with Crippen molar-refractivity contribution in [3.63, 3.8) is 0 Å². The molecule has 9 heteroatoms. The van der Waals surface area contributed by atoms with Crippen LogP contribution in [0.4, 0.5) is 5.69 Å². The van der Waals surface area contributed by atoms with Crippen molar-refractivity contribution in [2.45, 2.75) is 25.8 Å². The van der Waals surface area contributed by atoms with Crippen LogP contribution >= 0.6 is 23.2 Å². The maximum absolute atomic E-state index is 12.0. The minimum absolute atomic E-state index is 0.101. The zero-order valence-electron chi connectivity index (χ0n) is 13.9. The fourth-order valence-electron chi connectivity index (χ4n) is 2.16. The van der Waals surface area contributed by atoms with Crippen molar-refractivity contribution in [3.8, 4) is 0 Å². The molecule has 24 heavy (non-hydrogen) atoms. The Bertz CT molecular complexity index is 667. The van der Waals surface area contributed by atoms with Gasteiger partial charge >= 0.3 is 0 Å². The van der Waals surface area contributed by atoms with Crippen LogP contribution in [0.5, 0.6) is 0 Å². The molecule has 0 unspecified atom stereocenters. The van der Waals surface area contributed by atoms with E-state index in [1.165, 1.54) is 12.1 Å². The molecule has 1 N–H and O–H groups in total. The predicted octanol–water partition coefficient (Wildman–Crippen LogP) is 2.69. The molecular weight excluding hydrogens is 375 g/mol. The highest BCUT2D eigenvalue weighted by atomic mass is 35.5. The Kier molecular flexibility index (Phi) is 8.29. The zero-order chi connectivity index (χ0) is 18.3. The van der Waals surface area contributed by atoms with Gasteiger partial charge in [0.25, 0.3) is 0 Å². The van der Waals surface area contributed by atoms with Crippen LogP contribution in [-0.2, 0) is 19.6 Å². The molecule has 136 valence electrons. The highest BCUT2D eigenvalue weighted by Crippen LogP contribution is 2.30. The lowest BCUT2D eigenvalue weighted by Crippen LogP contribution is -2.36. The van der Waals surface area contributed by atoms with Crippen LogP contribution in [0.15, 0.2) is 18.2 Å². The lowest BCUT2D eigenvalue weighted by Gasteiger charge is -2.23. The Hall–Kier alpha value is -1.02. The topological polar surface area (TPSA) is 75.7 Å². The first-order chi connectivity index (χ1) is 11.1. The molecule has 0 aliphatic heterocycles. The van der Waals surface area contributed by atoms with Gasteiger partial charge in [0.1, 0.15) is 0 Å². The fourth-order valence-corrected chi connectivity index (χ4v) is 3.57. The average Bonchev–Trinajstić information content (AvgIpc) is 2.45. The van der Waals surface area contributed by atoms with Crippen molar-refractivity contribution < 1.29 is 17.9 Å². The van der Waals surface area contributed by atoms with Crippen molar-refractivity contribution in [3.05, 3.63) is 28.2 Å². The van der Waals surface area contributed by atoms with Crippen molar-refractivity contribution in [1.29, 1.82) is 0 Å². The van der Waals surface area contributed by atoms with E-state index in [0.717, 1.165) is 10.6 Å². The zero-order valence-corrected chi connectivity index (χ0v) is 16.2. The molecule has 1 atom stereocenters. The van der Waals surface area contributed by atoms with E-state index in [4.69, 9.17) is 27.9 Å². The van der Waals surface area contributed by atoms with E-state index in [1.54, 1.807) is 13.2 Å². The summed E-state index contributed by atoms with van der Waals surface area (Å²) in [6.07, 6.45) is 1.63. The molecule has 0 aliphatic carbocycles. The molecule has 0 fully saturated rings. The van der Waals surface area contributed by atoms with Crippen molar-refractivity contribution >= 4 is 44.8 Å². The summed E-state index contributed by atoms with van der Waals surface area (Å²) in [6, 6.07) is 4.51. The van der Waals surface area contributed by atoms with Crippen molar-refractivity contribution in [1.82, 2.24) is 5.32 Å². The van der Waals surface area contributed by atoms with E-state index in [2.05, 4.69) is 5.32 Å². The van der Waals surface area contributed by atoms with Gasteiger partial charge in [0, 0.05) is 31.1 Å². The minimum Gasteiger partial charge on any atom is -0.383 e. The van der Waals surface area contributed by atoms with Crippen LogP contribution in [-0.4, -0.2) is 46.9 Å². The van der Waals surface area contributed by atoms with Crippen molar-refractivity contribution in [2.75, 3.05) is 30.8 Å². The minimum atomic E-state index is -3.55. The Balaban J connectivity index is 2.73. The molecular formula is C15H22Cl2N2O4S. The predicted molar refractivity (Wildman–Crippen MR) is 97.4 cm³/mol. The summed E-state index contributed by atoms with van der Waals surface area (Å²) in [7, 11) is -1.99. The first-order valence-corrected chi connectivity index (χ1v) is 9.96. The van der Waals surface area contributed by atoms with Crippen LogP contribution in [0.1, 0.15) is 19.8 Å². The normalized spacial score (nSPS) is 12.7. The van der Waals surface area contributed by atoms with Gasteiger partial charge in [-0.15, -0.1) is 0 Å². The Morgan fingerprint density at radius 2 is 2.04 bits per heavy atom. The van der Waals surface area contributed by atoms with Gasteiger partial charge in [0.2, 0.25) is 15.9 Å². The van der Waals surface area contributed by atoms with E-state index in [9.17, 15) is 13.2 Å². The smallest absolute Gasteiger partial charge is 0.232 e. The molecule has 0 aromatic heterocycles. The number of rotatable bonds is 9. The number of hydrogen-bond acceptors (Lipinski definition) is 4. The summed E-state index contributed by atoms with van der Waals surface area (Å²) in [6.45, 7) is 2.38. The van der Waals surface area contributed by atoms with Crippen LogP contribution in [0.3, 0.4) is 0 Å². The van der Waals surface area contributed by atoms with Gasteiger partial charge in [-0.2, -0.15) is 0 Å². The number of ether oxygens (including phenoxy) is 1. The van der Waals surface area contributed by atoms with Gasteiger partial charge in [-0.3, -0.25) is 9.10 Å². The summed E-state index contributed by atoms with van der Waals surface area (Å²) < 4.78 is 30.2. The third-order valence-electron chi connectivity index (χ3n) is 3.17.